The van der Waals surface area contributed by atoms with Crippen LogP contribution in [0.4, 0.5) is 0 Å². The minimum Gasteiger partial charge on any atom is -0.379 e. The number of hydrogen-bond acceptors (Lipinski definition) is 2. The first kappa shape index (κ1) is 12.9. The third-order valence-corrected chi connectivity index (χ3v) is 3.51. The maximum Gasteiger partial charge on any atom is 0.268 e. The van der Waals surface area contributed by atoms with Crippen LogP contribution in [0.2, 0.25) is 0 Å². The van der Waals surface area contributed by atoms with Gasteiger partial charge in [-0.05, 0) is 30.5 Å². The van der Waals surface area contributed by atoms with Gasteiger partial charge in [0.05, 0.1) is 12.6 Å². The van der Waals surface area contributed by atoms with E-state index in [1.165, 1.54) is 0 Å². The molecule has 0 bridgehead atoms. The Morgan fingerprint density at radius 2 is 2.05 bits per heavy atom. The molecule has 1 aromatic carbocycles. The number of nitrogens with one attached hydrogen (secondary N) is 2. The molecular formula is C16H18N2O2. The summed E-state index contributed by atoms with van der Waals surface area (Å²) in [5.41, 5.74) is 2.62. The standard InChI is InChI=1S/C16H18N2O2/c19-16(17-13-7-4-10-20-11-13)15-9-8-14(18-15)12-5-2-1-3-6-12/h1-3,5-6,8-9,13,18H,4,7,10-11H2,(H,17,19)/t13-/m0/s1. The normalized spacial score (nSPS) is 18.7. The lowest BCUT2D eigenvalue weighted by Crippen LogP contribution is -2.40. The number of aromatic amines is 1. The Morgan fingerprint density at radius 3 is 2.80 bits per heavy atom. The van der Waals surface area contributed by atoms with Gasteiger partial charge >= 0.3 is 0 Å². The van der Waals surface area contributed by atoms with Crippen molar-refractivity contribution in [3.63, 3.8) is 0 Å². The summed E-state index contributed by atoms with van der Waals surface area (Å²) < 4.78 is 5.37. The van der Waals surface area contributed by atoms with Gasteiger partial charge in [-0.1, -0.05) is 30.3 Å². The molecule has 0 unspecified atom stereocenters. The fourth-order valence-corrected chi connectivity index (χ4v) is 2.43. The van der Waals surface area contributed by atoms with E-state index in [4.69, 9.17) is 4.74 Å². The van der Waals surface area contributed by atoms with Crippen molar-refractivity contribution in [1.82, 2.24) is 10.3 Å². The highest BCUT2D eigenvalue weighted by Gasteiger charge is 2.18. The third kappa shape index (κ3) is 2.91. The van der Waals surface area contributed by atoms with Crippen LogP contribution in [0.25, 0.3) is 11.3 Å². The maximum absolute atomic E-state index is 12.2. The number of ether oxygens (including phenoxy) is 1. The fourth-order valence-electron chi connectivity index (χ4n) is 2.43. The zero-order valence-electron chi connectivity index (χ0n) is 11.3. The molecule has 0 saturated carbocycles. The first-order chi connectivity index (χ1) is 9.83. The highest BCUT2D eigenvalue weighted by Crippen LogP contribution is 2.18. The minimum atomic E-state index is -0.0670. The Labute approximate surface area is 118 Å². The van der Waals surface area contributed by atoms with Crippen LogP contribution in [0.15, 0.2) is 42.5 Å². The van der Waals surface area contributed by atoms with Crippen molar-refractivity contribution < 1.29 is 9.53 Å². The highest BCUT2D eigenvalue weighted by atomic mass is 16.5. The Kier molecular flexibility index (Phi) is 3.83. The zero-order chi connectivity index (χ0) is 13.8. The number of hydrogen-bond donors (Lipinski definition) is 2. The van der Waals surface area contributed by atoms with Crippen molar-refractivity contribution in [3.8, 4) is 11.3 Å². The molecule has 1 aliphatic heterocycles. The molecule has 0 spiro atoms. The molecule has 1 aliphatic rings. The van der Waals surface area contributed by atoms with Gasteiger partial charge in [-0.15, -0.1) is 0 Å². The lowest BCUT2D eigenvalue weighted by atomic mass is 10.1. The van der Waals surface area contributed by atoms with Crippen LogP contribution in [0, 0.1) is 0 Å². The number of benzene rings is 1. The summed E-state index contributed by atoms with van der Waals surface area (Å²) in [5.74, 6) is -0.0670. The first-order valence-corrected chi connectivity index (χ1v) is 6.96. The molecule has 2 aromatic rings. The van der Waals surface area contributed by atoms with Crippen molar-refractivity contribution >= 4 is 5.91 Å². The smallest absolute Gasteiger partial charge is 0.268 e. The summed E-state index contributed by atoms with van der Waals surface area (Å²) in [6.45, 7) is 1.41. The van der Waals surface area contributed by atoms with E-state index in [-0.39, 0.29) is 11.9 Å². The molecule has 1 saturated heterocycles. The zero-order valence-corrected chi connectivity index (χ0v) is 11.3. The summed E-state index contributed by atoms with van der Waals surface area (Å²) in [4.78, 5) is 15.3. The van der Waals surface area contributed by atoms with Gasteiger partial charge in [0.1, 0.15) is 5.69 Å². The number of H-pyrrole nitrogens is 1. The number of carbonyl (C=O) groups is 1. The summed E-state index contributed by atoms with van der Waals surface area (Å²) >= 11 is 0. The fraction of sp³-hybridized carbons (Fsp3) is 0.312. The molecule has 0 radical (unpaired) electrons. The second-order valence-electron chi connectivity index (χ2n) is 5.04. The second-order valence-corrected chi connectivity index (χ2v) is 5.04. The van der Waals surface area contributed by atoms with Crippen LogP contribution in [-0.4, -0.2) is 30.1 Å². The van der Waals surface area contributed by atoms with E-state index in [1.807, 2.05) is 42.5 Å². The van der Waals surface area contributed by atoms with E-state index >= 15 is 0 Å². The third-order valence-electron chi connectivity index (χ3n) is 3.51. The topological polar surface area (TPSA) is 54.1 Å². The molecule has 4 heteroatoms. The van der Waals surface area contributed by atoms with Crippen molar-refractivity contribution in [1.29, 1.82) is 0 Å². The van der Waals surface area contributed by atoms with Crippen LogP contribution in [0.3, 0.4) is 0 Å². The van der Waals surface area contributed by atoms with Crippen molar-refractivity contribution in [3.05, 3.63) is 48.2 Å². The van der Waals surface area contributed by atoms with Gasteiger partial charge in [0, 0.05) is 12.3 Å². The maximum atomic E-state index is 12.2. The van der Waals surface area contributed by atoms with Gasteiger partial charge < -0.3 is 15.0 Å². The van der Waals surface area contributed by atoms with Crippen LogP contribution >= 0.6 is 0 Å². The molecule has 4 nitrogen and oxygen atoms in total. The molecular weight excluding hydrogens is 252 g/mol. The Balaban J connectivity index is 1.68. The lowest BCUT2D eigenvalue weighted by Gasteiger charge is -2.22. The Morgan fingerprint density at radius 1 is 1.20 bits per heavy atom. The molecule has 1 aromatic heterocycles. The second kappa shape index (κ2) is 5.92. The molecule has 2 N–H and O–H groups in total. The number of carbonyl (C=O) groups excluding carboxylic acids is 1. The van der Waals surface area contributed by atoms with E-state index in [1.54, 1.807) is 0 Å². The quantitative estimate of drug-likeness (QED) is 0.900. The van der Waals surface area contributed by atoms with E-state index in [9.17, 15) is 4.79 Å². The van der Waals surface area contributed by atoms with Crippen LogP contribution in [0.1, 0.15) is 23.3 Å². The van der Waals surface area contributed by atoms with Crippen LogP contribution in [0.5, 0.6) is 0 Å². The highest BCUT2D eigenvalue weighted by molar-refractivity contribution is 5.93. The van der Waals surface area contributed by atoms with Gasteiger partial charge in [-0.2, -0.15) is 0 Å². The van der Waals surface area contributed by atoms with Gasteiger partial charge in [0.15, 0.2) is 0 Å². The summed E-state index contributed by atoms with van der Waals surface area (Å²) in [6.07, 6.45) is 1.99. The van der Waals surface area contributed by atoms with Crippen molar-refractivity contribution in [2.45, 2.75) is 18.9 Å². The van der Waals surface area contributed by atoms with Crippen LogP contribution < -0.4 is 5.32 Å². The molecule has 0 aliphatic carbocycles. The first-order valence-electron chi connectivity index (χ1n) is 6.96. The van der Waals surface area contributed by atoms with Gasteiger partial charge in [-0.25, -0.2) is 0 Å². The van der Waals surface area contributed by atoms with E-state index in [0.29, 0.717) is 12.3 Å². The lowest BCUT2D eigenvalue weighted by molar-refractivity contribution is 0.0622. The van der Waals surface area contributed by atoms with Gasteiger partial charge in [0.2, 0.25) is 0 Å². The molecule has 1 atom stereocenters. The molecule has 3 rings (SSSR count). The SMILES string of the molecule is O=C(N[C@H]1CCCOC1)c1ccc(-c2ccccc2)[nH]1. The van der Waals surface area contributed by atoms with E-state index in [0.717, 1.165) is 30.7 Å². The average Bonchev–Trinajstić information content (AvgIpc) is 2.99. The average molecular weight is 270 g/mol. The molecule has 1 amide bonds. The monoisotopic (exact) mass is 270 g/mol. The van der Waals surface area contributed by atoms with Gasteiger partial charge in [-0.3, -0.25) is 4.79 Å². The number of amides is 1. The number of rotatable bonds is 3. The minimum absolute atomic E-state index is 0.0670. The number of aromatic nitrogens is 1. The molecule has 20 heavy (non-hydrogen) atoms. The Hall–Kier alpha value is -2.07. The van der Waals surface area contributed by atoms with Crippen molar-refractivity contribution in [2.24, 2.45) is 0 Å². The predicted molar refractivity (Wildman–Crippen MR) is 77.5 cm³/mol. The molecule has 104 valence electrons. The van der Waals surface area contributed by atoms with Gasteiger partial charge in [0.25, 0.3) is 5.91 Å². The van der Waals surface area contributed by atoms with E-state index < -0.39 is 0 Å². The molecule has 1 fully saturated rings. The van der Waals surface area contributed by atoms with Crippen molar-refractivity contribution in [2.75, 3.05) is 13.2 Å². The summed E-state index contributed by atoms with van der Waals surface area (Å²) in [6, 6.07) is 13.8. The Bertz CT molecular complexity index is 571. The summed E-state index contributed by atoms with van der Waals surface area (Å²) in [5, 5.41) is 3.00. The molecule has 2 heterocycles. The predicted octanol–water partition coefficient (Wildman–Crippen LogP) is 2.59. The largest absolute Gasteiger partial charge is 0.379 e. The van der Waals surface area contributed by atoms with Crippen LogP contribution in [-0.2, 0) is 4.74 Å². The summed E-state index contributed by atoms with van der Waals surface area (Å²) in [7, 11) is 0. The van der Waals surface area contributed by atoms with E-state index in [2.05, 4.69) is 10.3 Å².